The molecule has 206 valence electrons. The van der Waals surface area contributed by atoms with Crippen LogP contribution in [0.5, 0.6) is 0 Å². The fourth-order valence-electron chi connectivity index (χ4n) is 4.30. The van der Waals surface area contributed by atoms with Crippen LogP contribution >= 0.6 is 34.8 Å². The lowest BCUT2D eigenvalue weighted by Gasteiger charge is -2.33. The van der Waals surface area contributed by atoms with Crippen molar-refractivity contribution in [2.45, 2.75) is 24.7 Å². The van der Waals surface area contributed by atoms with Gasteiger partial charge in [-0.2, -0.15) is 0 Å². The van der Waals surface area contributed by atoms with Crippen LogP contribution in [0, 0.1) is 12.8 Å². The zero-order chi connectivity index (χ0) is 28.2. The molecule has 0 saturated carbocycles. The lowest BCUT2D eigenvalue weighted by atomic mass is 9.97. The summed E-state index contributed by atoms with van der Waals surface area (Å²) >= 11 is 18.5. The van der Waals surface area contributed by atoms with E-state index in [-0.39, 0.29) is 38.1 Å². The fourth-order valence-corrected chi connectivity index (χ4v) is 6.39. The first kappa shape index (κ1) is 29.0. The van der Waals surface area contributed by atoms with Crippen molar-refractivity contribution in [1.29, 1.82) is 0 Å². The van der Waals surface area contributed by atoms with Gasteiger partial charge in [0.25, 0.3) is 15.9 Å². The third-order valence-electron chi connectivity index (χ3n) is 6.29. The highest BCUT2D eigenvalue weighted by molar-refractivity contribution is 7.92. The van der Waals surface area contributed by atoms with Crippen molar-refractivity contribution < 1.29 is 18.0 Å². The molecule has 0 radical (unpaired) electrons. The van der Waals surface area contributed by atoms with Crippen LogP contribution in [0.4, 0.5) is 16.2 Å². The average molecular weight is 610 g/mol. The van der Waals surface area contributed by atoms with E-state index < -0.39 is 15.9 Å². The molecule has 1 fully saturated rings. The SMILES string of the molecule is Cc1ccc(NC(=O)NCC2CCCN(C(=O)c3cc(S(=O)(=O)Nc4cccc(Cl)c4)c(Cl)cc3Cl)C2)cc1. The summed E-state index contributed by atoms with van der Waals surface area (Å²) in [6.07, 6.45) is 1.55. The summed E-state index contributed by atoms with van der Waals surface area (Å²) in [5, 5.41) is 5.94. The van der Waals surface area contributed by atoms with Crippen LogP contribution in [0.25, 0.3) is 0 Å². The molecule has 3 aromatic rings. The molecular formula is C27H27Cl3N4O4S. The molecule has 4 rings (SSSR count). The number of halogens is 3. The molecule has 39 heavy (non-hydrogen) atoms. The smallest absolute Gasteiger partial charge is 0.319 e. The number of benzene rings is 3. The molecule has 1 aliphatic heterocycles. The largest absolute Gasteiger partial charge is 0.338 e. The van der Waals surface area contributed by atoms with Crippen LogP contribution < -0.4 is 15.4 Å². The third-order valence-corrected chi connectivity index (χ3v) is 8.68. The van der Waals surface area contributed by atoms with Crippen LogP contribution in [-0.2, 0) is 10.0 Å². The lowest BCUT2D eigenvalue weighted by Crippen LogP contribution is -2.44. The Morgan fingerprint density at radius 3 is 2.44 bits per heavy atom. The molecular weight excluding hydrogens is 583 g/mol. The van der Waals surface area contributed by atoms with E-state index in [1.165, 1.54) is 18.2 Å². The van der Waals surface area contributed by atoms with E-state index in [1.807, 2.05) is 31.2 Å². The zero-order valence-corrected chi connectivity index (χ0v) is 24.1. The number of hydrogen-bond acceptors (Lipinski definition) is 4. The number of likely N-dealkylation sites (tertiary alicyclic amines) is 1. The number of aryl methyl sites for hydroxylation is 1. The summed E-state index contributed by atoms with van der Waals surface area (Å²) < 4.78 is 28.6. The number of urea groups is 1. The molecule has 3 amide bonds. The zero-order valence-electron chi connectivity index (χ0n) is 21.0. The van der Waals surface area contributed by atoms with Crippen LogP contribution in [-0.4, -0.2) is 44.9 Å². The monoisotopic (exact) mass is 608 g/mol. The van der Waals surface area contributed by atoms with Gasteiger partial charge in [0, 0.05) is 30.3 Å². The molecule has 1 saturated heterocycles. The molecule has 1 heterocycles. The molecule has 1 aliphatic rings. The van der Waals surface area contributed by atoms with Crippen molar-refractivity contribution in [1.82, 2.24) is 10.2 Å². The normalized spacial score (nSPS) is 15.5. The fraction of sp³-hybridized carbons (Fsp3) is 0.259. The predicted octanol–water partition coefficient (Wildman–Crippen LogP) is 6.43. The molecule has 8 nitrogen and oxygen atoms in total. The standard InChI is InChI=1S/C27H27Cl3N4O4S/c1-17-7-9-20(10-8-17)32-27(36)31-15-18-4-3-11-34(16-18)26(35)22-13-25(24(30)14-23(22)29)39(37,38)33-21-6-2-5-19(28)12-21/h2,5-10,12-14,18,33H,3-4,11,15-16H2,1H3,(H2,31,32,36). The summed E-state index contributed by atoms with van der Waals surface area (Å²) in [7, 11) is -4.15. The summed E-state index contributed by atoms with van der Waals surface area (Å²) in [5.41, 5.74) is 2.06. The summed E-state index contributed by atoms with van der Waals surface area (Å²) in [6.45, 7) is 3.20. The molecule has 1 unspecified atom stereocenters. The van der Waals surface area contributed by atoms with Crippen molar-refractivity contribution in [2.75, 3.05) is 29.7 Å². The van der Waals surface area contributed by atoms with E-state index in [4.69, 9.17) is 34.8 Å². The third kappa shape index (κ3) is 7.57. The molecule has 3 N–H and O–H groups in total. The maximum atomic E-state index is 13.4. The van der Waals surface area contributed by atoms with Gasteiger partial charge in [-0.3, -0.25) is 9.52 Å². The first-order valence-corrected chi connectivity index (χ1v) is 14.8. The van der Waals surface area contributed by atoms with Crippen molar-refractivity contribution in [2.24, 2.45) is 5.92 Å². The Hall–Kier alpha value is -2.98. The van der Waals surface area contributed by atoms with Crippen LogP contribution in [0.15, 0.2) is 65.6 Å². The van der Waals surface area contributed by atoms with Crippen LogP contribution in [0.1, 0.15) is 28.8 Å². The number of rotatable bonds is 7. The summed E-state index contributed by atoms with van der Waals surface area (Å²) in [4.78, 5) is 27.1. The summed E-state index contributed by atoms with van der Waals surface area (Å²) in [5.74, 6) is -0.394. The topological polar surface area (TPSA) is 108 Å². The van der Waals surface area contributed by atoms with E-state index in [0.29, 0.717) is 30.3 Å². The number of anilines is 2. The minimum atomic E-state index is -4.15. The number of amides is 3. The molecule has 0 spiro atoms. The highest BCUT2D eigenvalue weighted by Crippen LogP contribution is 2.32. The predicted molar refractivity (Wildman–Crippen MR) is 156 cm³/mol. The molecule has 12 heteroatoms. The van der Waals surface area contributed by atoms with E-state index in [2.05, 4.69) is 15.4 Å². The van der Waals surface area contributed by atoms with Crippen molar-refractivity contribution in [3.05, 3.63) is 86.9 Å². The Morgan fingerprint density at radius 2 is 1.72 bits per heavy atom. The molecule has 0 aliphatic carbocycles. The number of sulfonamides is 1. The molecule has 0 bridgehead atoms. The Bertz CT molecular complexity index is 1480. The van der Waals surface area contributed by atoms with Gasteiger partial charge in [-0.25, -0.2) is 13.2 Å². The number of carbonyl (C=O) groups is 2. The maximum Gasteiger partial charge on any atom is 0.319 e. The van der Waals surface area contributed by atoms with Gasteiger partial charge in [0.15, 0.2) is 0 Å². The van der Waals surface area contributed by atoms with E-state index in [1.54, 1.807) is 23.1 Å². The average Bonchev–Trinajstić information content (AvgIpc) is 2.88. The van der Waals surface area contributed by atoms with Crippen molar-refractivity contribution in [3.8, 4) is 0 Å². The Kier molecular flexibility index (Phi) is 9.27. The van der Waals surface area contributed by atoms with E-state index in [0.717, 1.165) is 18.4 Å². The van der Waals surface area contributed by atoms with Gasteiger partial charge in [-0.1, -0.05) is 58.6 Å². The minimum absolute atomic E-state index is 0.0187. The quantitative estimate of drug-likeness (QED) is 0.287. The van der Waals surface area contributed by atoms with Gasteiger partial charge in [0.1, 0.15) is 4.90 Å². The first-order chi connectivity index (χ1) is 18.5. The van der Waals surface area contributed by atoms with Gasteiger partial charge >= 0.3 is 6.03 Å². The summed E-state index contributed by atoms with van der Waals surface area (Å²) in [6, 6.07) is 15.8. The molecule has 0 aromatic heterocycles. The van der Waals surface area contributed by atoms with Gasteiger partial charge in [-0.15, -0.1) is 0 Å². The van der Waals surface area contributed by atoms with Gasteiger partial charge in [0.2, 0.25) is 0 Å². The second-order valence-electron chi connectivity index (χ2n) is 9.34. The second-order valence-corrected chi connectivity index (χ2v) is 12.2. The molecule has 3 aromatic carbocycles. The van der Waals surface area contributed by atoms with Gasteiger partial charge < -0.3 is 15.5 Å². The lowest BCUT2D eigenvalue weighted by molar-refractivity contribution is 0.0675. The molecule has 1 atom stereocenters. The maximum absolute atomic E-state index is 13.4. The van der Waals surface area contributed by atoms with Crippen LogP contribution in [0.2, 0.25) is 15.1 Å². The highest BCUT2D eigenvalue weighted by atomic mass is 35.5. The van der Waals surface area contributed by atoms with E-state index in [9.17, 15) is 18.0 Å². The van der Waals surface area contributed by atoms with Gasteiger partial charge in [0.05, 0.1) is 21.3 Å². The number of nitrogens with zero attached hydrogens (tertiary/aromatic N) is 1. The number of piperidine rings is 1. The second kappa shape index (κ2) is 12.5. The first-order valence-electron chi connectivity index (χ1n) is 12.2. The van der Waals surface area contributed by atoms with E-state index >= 15 is 0 Å². The Labute approximate surface area is 242 Å². The number of carbonyl (C=O) groups excluding carboxylic acids is 2. The van der Waals surface area contributed by atoms with Crippen LogP contribution in [0.3, 0.4) is 0 Å². The van der Waals surface area contributed by atoms with Gasteiger partial charge in [-0.05, 0) is 68.1 Å². The number of nitrogens with one attached hydrogen (secondary N) is 3. The van der Waals surface area contributed by atoms with Crippen molar-refractivity contribution >= 4 is 68.1 Å². The minimum Gasteiger partial charge on any atom is -0.338 e. The Morgan fingerprint density at radius 1 is 0.974 bits per heavy atom. The number of hydrogen-bond donors (Lipinski definition) is 3. The Balaban J connectivity index is 1.43. The highest BCUT2D eigenvalue weighted by Gasteiger charge is 2.29. The van der Waals surface area contributed by atoms with Crippen molar-refractivity contribution in [3.63, 3.8) is 0 Å².